The summed E-state index contributed by atoms with van der Waals surface area (Å²) in [5.74, 6) is 0. The maximum Gasteiger partial charge on any atom is 0.0208 e. The molecule has 0 radical (unpaired) electrons. The van der Waals surface area contributed by atoms with Crippen molar-refractivity contribution < 1.29 is 0 Å². The second-order valence-electron chi connectivity index (χ2n) is 3.45. The zero-order chi connectivity index (χ0) is 10.2. The summed E-state index contributed by atoms with van der Waals surface area (Å²) in [5.41, 5.74) is 1.36. The maximum atomic E-state index is 3.56. The van der Waals surface area contributed by atoms with Crippen LogP contribution in [0.2, 0.25) is 0 Å². The Morgan fingerprint density at radius 3 is 2.57 bits per heavy atom. The molecule has 0 aliphatic rings. The van der Waals surface area contributed by atoms with Crippen LogP contribution in [0.25, 0.3) is 0 Å². The molecule has 1 atom stereocenters. The molecule has 0 spiro atoms. The molecular weight excluding hydrogens is 238 g/mol. The topological polar surface area (TPSA) is 12.0 Å². The van der Waals surface area contributed by atoms with Crippen LogP contribution in [0.5, 0.6) is 0 Å². The summed E-state index contributed by atoms with van der Waals surface area (Å²) in [7, 11) is 0. The SMILES string of the molecule is CCC(CCBr)NCc1ccccc1. The van der Waals surface area contributed by atoms with Gasteiger partial charge in [0.15, 0.2) is 0 Å². The standard InChI is InChI=1S/C12H18BrN/c1-2-12(8-9-13)14-10-11-6-4-3-5-7-11/h3-7,12,14H,2,8-10H2,1H3. The predicted octanol–water partition coefficient (Wildman–Crippen LogP) is 3.34. The van der Waals surface area contributed by atoms with Gasteiger partial charge in [0.1, 0.15) is 0 Å². The minimum absolute atomic E-state index is 0.634. The lowest BCUT2D eigenvalue weighted by molar-refractivity contribution is 0.488. The van der Waals surface area contributed by atoms with Crippen LogP contribution in [-0.2, 0) is 6.54 Å². The summed E-state index contributed by atoms with van der Waals surface area (Å²) >= 11 is 3.48. The first-order chi connectivity index (χ1) is 6.86. The van der Waals surface area contributed by atoms with E-state index in [1.54, 1.807) is 0 Å². The van der Waals surface area contributed by atoms with E-state index in [0.29, 0.717) is 6.04 Å². The van der Waals surface area contributed by atoms with Crippen molar-refractivity contribution in [1.82, 2.24) is 5.32 Å². The molecule has 0 aliphatic heterocycles. The smallest absolute Gasteiger partial charge is 0.0208 e. The molecule has 1 N–H and O–H groups in total. The molecule has 0 fully saturated rings. The van der Waals surface area contributed by atoms with Gasteiger partial charge >= 0.3 is 0 Å². The van der Waals surface area contributed by atoms with Gasteiger partial charge in [-0.3, -0.25) is 0 Å². The number of hydrogen-bond donors (Lipinski definition) is 1. The van der Waals surface area contributed by atoms with Crippen LogP contribution in [0.1, 0.15) is 25.3 Å². The normalized spacial score (nSPS) is 12.7. The Labute approximate surface area is 95.0 Å². The lowest BCUT2D eigenvalue weighted by Gasteiger charge is -2.15. The second-order valence-corrected chi connectivity index (χ2v) is 4.24. The molecule has 1 nitrogen and oxygen atoms in total. The van der Waals surface area contributed by atoms with Crippen LogP contribution in [-0.4, -0.2) is 11.4 Å². The van der Waals surface area contributed by atoms with Gasteiger partial charge in [0.05, 0.1) is 0 Å². The highest BCUT2D eigenvalue weighted by molar-refractivity contribution is 9.09. The van der Waals surface area contributed by atoms with Crippen molar-refractivity contribution >= 4 is 15.9 Å². The van der Waals surface area contributed by atoms with E-state index in [9.17, 15) is 0 Å². The molecule has 0 amide bonds. The molecule has 0 saturated carbocycles. The number of nitrogens with one attached hydrogen (secondary N) is 1. The highest BCUT2D eigenvalue weighted by Crippen LogP contribution is 2.03. The summed E-state index contributed by atoms with van der Waals surface area (Å²) in [5, 5.41) is 4.63. The fraction of sp³-hybridized carbons (Fsp3) is 0.500. The highest BCUT2D eigenvalue weighted by Gasteiger charge is 2.03. The quantitative estimate of drug-likeness (QED) is 0.770. The van der Waals surface area contributed by atoms with Gasteiger partial charge in [0.2, 0.25) is 0 Å². The maximum absolute atomic E-state index is 3.56. The van der Waals surface area contributed by atoms with Crippen LogP contribution < -0.4 is 5.32 Å². The van der Waals surface area contributed by atoms with E-state index in [1.807, 2.05) is 0 Å². The molecule has 1 rings (SSSR count). The average Bonchev–Trinajstić information content (AvgIpc) is 2.25. The Hall–Kier alpha value is -0.340. The number of benzene rings is 1. The third-order valence-electron chi connectivity index (χ3n) is 2.39. The fourth-order valence-electron chi connectivity index (χ4n) is 1.44. The van der Waals surface area contributed by atoms with Crippen molar-refractivity contribution in [2.45, 2.75) is 32.4 Å². The summed E-state index contributed by atoms with van der Waals surface area (Å²) < 4.78 is 0. The summed E-state index contributed by atoms with van der Waals surface area (Å²) in [6, 6.07) is 11.2. The zero-order valence-corrected chi connectivity index (χ0v) is 10.3. The molecule has 0 aromatic heterocycles. The lowest BCUT2D eigenvalue weighted by atomic mass is 10.1. The van der Waals surface area contributed by atoms with Crippen LogP contribution in [0.15, 0.2) is 30.3 Å². The van der Waals surface area contributed by atoms with E-state index < -0.39 is 0 Å². The molecule has 1 unspecified atom stereocenters. The number of rotatable bonds is 6. The van der Waals surface area contributed by atoms with E-state index in [1.165, 1.54) is 18.4 Å². The summed E-state index contributed by atoms with van der Waals surface area (Å²) in [6.07, 6.45) is 2.39. The van der Waals surface area contributed by atoms with Crippen molar-refractivity contribution in [1.29, 1.82) is 0 Å². The van der Waals surface area contributed by atoms with Crippen molar-refractivity contribution in [3.05, 3.63) is 35.9 Å². The van der Waals surface area contributed by atoms with Crippen molar-refractivity contribution in [2.75, 3.05) is 5.33 Å². The fourth-order valence-corrected chi connectivity index (χ4v) is 1.99. The molecule has 1 aromatic carbocycles. The van der Waals surface area contributed by atoms with E-state index in [0.717, 1.165) is 11.9 Å². The third-order valence-corrected chi connectivity index (χ3v) is 2.85. The van der Waals surface area contributed by atoms with Gasteiger partial charge in [-0.1, -0.05) is 53.2 Å². The van der Waals surface area contributed by atoms with Crippen LogP contribution in [0.4, 0.5) is 0 Å². The van der Waals surface area contributed by atoms with E-state index >= 15 is 0 Å². The number of hydrogen-bond acceptors (Lipinski definition) is 1. The highest BCUT2D eigenvalue weighted by atomic mass is 79.9. The van der Waals surface area contributed by atoms with Gasteiger partial charge in [-0.2, -0.15) is 0 Å². The van der Waals surface area contributed by atoms with E-state index in [2.05, 4.69) is 58.5 Å². The Morgan fingerprint density at radius 2 is 2.00 bits per heavy atom. The van der Waals surface area contributed by atoms with Gasteiger partial charge in [0.25, 0.3) is 0 Å². The molecule has 78 valence electrons. The van der Waals surface area contributed by atoms with Crippen LogP contribution in [0, 0.1) is 0 Å². The Bertz CT molecular complexity index is 235. The molecule has 0 aliphatic carbocycles. The van der Waals surface area contributed by atoms with Gasteiger partial charge in [0, 0.05) is 17.9 Å². The average molecular weight is 256 g/mol. The molecule has 0 heterocycles. The molecular formula is C12H18BrN. The first-order valence-electron chi connectivity index (χ1n) is 5.20. The van der Waals surface area contributed by atoms with Gasteiger partial charge in [-0.25, -0.2) is 0 Å². The summed E-state index contributed by atoms with van der Waals surface area (Å²) in [4.78, 5) is 0. The Kier molecular flexibility index (Phi) is 5.88. The minimum Gasteiger partial charge on any atom is -0.310 e. The molecule has 2 heteroatoms. The second kappa shape index (κ2) is 7.02. The third kappa shape index (κ3) is 4.25. The largest absolute Gasteiger partial charge is 0.310 e. The summed E-state index contributed by atoms with van der Waals surface area (Å²) in [6.45, 7) is 3.21. The van der Waals surface area contributed by atoms with Gasteiger partial charge < -0.3 is 5.32 Å². The van der Waals surface area contributed by atoms with Gasteiger partial charge in [-0.05, 0) is 18.4 Å². The molecule has 0 saturated heterocycles. The van der Waals surface area contributed by atoms with Crippen molar-refractivity contribution in [3.8, 4) is 0 Å². The number of halogens is 1. The Morgan fingerprint density at radius 1 is 1.29 bits per heavy atom. The van der Waals surface area contributed by atoms with Crippen molar-refractivity contribution in [3.63, 3.8) is 0 Å². The van der Waals surface area contributed by atoms with E-state index in [4.69, 9.17) is 0 Å². The first kappa shape index (κ1) is 11.7. The minimum atomic E-state index is 0.634. The van der Waals surface area contributed by atoms with Crippen molar-refractivity contribution in [2.24, 2.45) is 0 Å². The monoisotopic (exact) mass is 255 g/mol. The predicted molar refractivity (Wildman–Crippen MR) is 65.8 cm³/mol. The lowest BCUT2D eigenvalue weighted by Crippen LogP contribution is -2.28. The van der Waals surface area contributed by atoms with Crippen LogP contribution in [0.3, 0.4) is 0 Å². The Balaban J connectivity index is 2.32. The van der Waals surface area contributed by atoms with E-state index in [-0.39, 0.29) is 0 Å². The zero-order valence-electron chi connectivity index (χ0n) is 8.67. The molecule has 14 heavy (non-hydrogen) atoms. The van der Waals surface area contributed by atoms with Crippen LogP contribution >= 0.6 is 15.9 Å². The first-order valence-corrected chi connectivity index (χ1v) is 6.32. The molecule has 1 aromatic rings. The van der Waals surface area contributed by atoms with Gasteiger partial charge in [-0.15, -0.1) is 0 Å². The number of alkyl halides is 1. The molecule has 0 bridgehead atoms.